The number of hydrogen-bond acceptors (Lipinski definition) is 5. The number of nitrogens with two attached hydrogens (primary N) is 1. The Kier molecular flexibility index (Phi) is 5.76. The zero-order chi connectivity index (χ0) is 22.7. The van der Waals surface area contributed by atoms with E-state index in [1.165, 1.54) is 22.9 Å². The maximum absolute atomic E-state index is 14.6. The van der Waals surface area contributed by atoms with Crippen molar-refractivity contribution in [2.24, 2.45) is 0 Å². The van der Waals surface area contributed by atoms with Crippen molar-refractivity contribution in [1.82, 2.24) is 14.5 Å². The number of carbonyl (C=O) groups excluding carboxylic acids is 1. The van der Waals surface area contributed by atoms with E-state index in [0.29, 0.717) is 16.9 Å². The fraction of sp³-hybridized carbons (Fsp3) is 0.0833. The molecule has 7 nitrogen and oxygen atoms in total. The predicted octanol–water partition coefficient (Wildman–Crippen LogP) is 3.50. The van der Waals surface area contributed by atoms with Crippen LogP contribution in [0, 0.1) is 12.7 Å². The van der Waals surface area contributed by atoms with Gasteiger partial charge in [0.05, 0.1) is 5.69 Å². The van der Waals surface area contributed by atoms with Crippen LogP contribution in [-0.2, 0) is 6.42 Å². The number of benzene rings is 2. The van der Waals surface area contributed by atoms with Crippen LogP contribution in [0.1, 0.15) is 27.2 Å². The van der Waals surface area contributed by atoms with Crippen molar-refractivity contribution in [1.29, 1.82) is 0 Å². The van der Waals surface area contributed by atoms with Crippen molar-refractivity contribution in [3.8, 4) is 5.69 Å². The number of anilines is 2. The highest BCUT2D eigenvalue weighted by Gasteiger charge is 2.14. The van der Waals surface area contributed by atoms with E-state index < -0.39 is 17.3 Å². The largest absolute Gasteiger partial charge is 0.368 e. The minimum atomic E-state index is -0.618. The summed E-state index contributed by atoms with van der Waals surface area (Å²) in [5, 5.41) is 2.59. The molecule has 8 heteroatoms. The van der Waals surface area contributed by atoms with E-state index in [1.54, 1.807) is 42.6 Å². The summed E-state index contributed by atoms with van der Waals surface area (Å²) in [6, 6.07) is 16.4. The lowest BCUT2D eigenvalue weighted by Crippen LogP contribution is -2.27. The molecular weight excluding hydrogens is 409 g/mol. The molecule has 2 aromatic heterocycles. The lowest BCUT2D eigenvalue weighted by molar-refractivity contribution is 0.102. The Morgan fingerprint density at radius 3 is 2.62 bits per heavy atom. The van der Waals surface area contributed by atoms with Crippen LogP contribution in [0.3, 0.4) is 0 Å². The zero-order valence-electron chi connectivity index (χ0n) is 17.2. The third-order valence-corrected chi connectivity index (χ3v) is 4.92. The number of aryl methyl sites for hydroxylation is 1. The molecule has 0 bridgehead atoms. The molecule has 2 aromatic carbocycles. The normalized spacial score (nSPS) is 10.7. The molecule has 0 aliphatic rings. The van der Waals surface area contributed by atoms with Crippen LogP contribution in [0.2, 0.25) is 0 Å². The lowest BCUT2D eigenvalue weighted by atomic mass is 10.1. The number of carbonyl (C=O) groups is 1. The summed E-state index contributed by atoms with van der Waals surface area (Å²) in [4.78, 5) is 33.4. The van der Waals surface area contributed by atoms with Crippen molar-refractivity contribution in [2.75, 3.05) is 11.1 Å². The van der Waals surface area contributed by atoms with Gasteiger partial charge < -0.3 is 11.1 Å². The number of hydrogen-bond donors (Lipinski definition) is 2. The summed E-state index contributed by atoms with van der Waals surface area (Å²) in [5.41, 5.74) is 7.96. The van der Waals surface area contributed by atoms with Gasteiger partial charge in [0.15, 0.2) is 0 Å². The van der Waals surface area contributed by atoms with Gasteiger partial charge in [-0.1, -0.05) is 23.8 Å². The van der Waals surface area contributed by atoms with Crippen LogP contribution in [0.4, 0.5) is 16.0 Å². The van der Waals surface area contributed by atoms with E-state index in [-0.39, 0.29) is 23.6 Å². The zero-order valence-corrected chi connectivity index (χ0v) is 17.2. The first-order chi connectivity index (χ1) is 15.4. The topological polar surface area (TPSA) is 103 Å². The van der Waals surface area contributed by atoms with Gasteiger partial charge in [0.1, 0.15) is 11.4 Å². The van der Waals surface area contributed by atoms with Gasteiger partial charge >= 0.3 is 0 Å². The molecule has 0 fully saturated rings. The number of amides is 1. The minimum Gasteiger partial charge on any atom is -0.368 e. The third kappa shape index (κ3) is 4.54. The van der Waals surface area contributed by atoms with Crippen molar-refractivity contribution >= 4 is 17.5 Å². The van der Waals surface area contributed by atoms with Crippen LogP contribution >= 0.6 is 0 Å². The van der Waals surface area contributed by atoms with Crippen LogP contribution in [-0.4, -0.2) is 20.4 Å². The number of nitrogen functional groups attached to an aromatic ring is 1. The highest BCUT2D eigenvalue weighted by molar-refractivity contribution is 6.04. The van der Waals surface area contributed by atoms with Crippen molar-refractivity contribution < 1.29 is 9.18 Å². The molecule has 160 valence electrons. The van der Waals surface area contributed by atoms with E-state index in [9.17, 15) is 14.0 Å². The fourth-order valence-corrected chi connectivity index (χ4v) is 3.25. The first kappa shape index (κ1) is 20.9. The van der Waals surface area contributed by atoms with Gasteiger partial charge in [-0.3, -0.25) is 14.2 Å². The first-order valence-electron chi connectivity index (χ1n) is 9.86. The van der Waals surface area contributed by atoms with Crippen LogP contribution in [0.15, 0.2) is 77.9 Å². The maximum atomic E-state index is 14.6. The van der Waals surface area contributed by atoms with Crippen molar-refractivity contribution in [3.05, 3.63) is 112 Å². The minimum absolute atomic E-state index is 0.0472. The number of rotatable bonds is 5. The second-order valence-electron chi connectivity index (χ2n) is 7.28. The second-order valence-corrected chi connectivity index (χ2v) is 7.28. The highest BCUT2D eigenvalue weighted by atomic mass is 19.1. The smallest absolute Gasteiger partial charge is 0.267 e. The van der Waals surface area contributed by atoms with Gasteiger partial charge in [0.2, 0.25) is 5.95 Å². The SMILES string of the molecule is Cc1ccc(-n2cccc(C(=O)Nc3ccc(Cc4ccnc(N)n4)c(F)c3)c2=O)cc1. The van der Waals surface area contributed by atoms with Crippen LogP contribution in [0.25, 0.3) is 5.69 Å². The number of halogens is 1. The molecule has 0 spiro atoms. The number of nitrogens with one attached hydrogen (secondary N) is 1. The summed E-state index contributed by atoms with van der Waals surface area (Å²) in [7, 11) is 0. The Hall–Kier alpha value is -4.33. The molecule has 4 rings (SSSR count). The van der Waals surface area contributed by atoms with Gasteiger partial charge in [0.25, 0.3) is 11.5 Å². The summed E-state index contributed by atoms with van der Waals surface area (Å²) < 4.78 is 16.0. The highest BCUT2D eigenvalue weighted by Crippen LogP contribution is 2.18. The van der Waals surface area contributed by atoms with Gasteiger partial charge in [-0.2, -0.15) is 0 Å². The van der Waals surface area contributed by atoms with Gasteiger partial charge in [-0.25, -0.2) is 14.4 Å². The third-order valence-electron chi connectivity index (χ3n) is 4.92. The van der Waals surface area contributed by atoms with E-state index in [1.807, 2.05) is 19.1 Å². The van der Waals surface area contributed by atoms with Gasteiger partial charge in [0, 0.05) is 30.2 Å². The molecule has 0 saturated heterocycles. The van der Waals surface area contributed by atoms with E-state index in [0.717, 1.165) is 5.56 Å². The molecular formula is C24H20FN5O2. The Balaban J connectivity index is 1.54. The molecule has 1 amide bonds. The molecule has 32 heavy (non-hydrogen) atoms. The summed E-state index contributed by atoms with van der Waals surface area (Å²) >= 11 is 0. The van der Waals surface area contributed by atoms with Crippen LogP contribution < -0.4 is 16.6 Å². The standard InChI is InChI=1S/C24H20FN5O2/c1-15-4-8-19(9-5-15)30-12-2-3-20(23(30)32)22(31)28-17-7-6-16(21(25)14-17)13-18-10-11-27-24(26)29-18/h2-12,14H,13H2,1H3,(H,28,31)(H2,26,27,29). The quantitative estimate of drug-likeness (QED) is 0.505. The molecule has 0 aliphatic heterocycles. The van der Waals surface area contributed by atoms with Gasteiger partial charge in [-0.15, -0.1) is 0 Å². The van der Waals surface area contributed by atoms with Gasteiger partial charge in [-0.05, 0) is 55.0 Å². The molecule has 3 N–H and O–H groups in total. The number of aromatic nitrogens is 3. The fourth-order valence-electron chi connectivity index (χ4n) is 3.25. The van der Waals surface area contributed by atoms with Crippen molar-refractivity contribution in [3.63, 3.8) is 0 Å². The summed E-state index contributed by atoms with van der Waals surface area (Å²) in [6.07, 6.45) is 3.33. The monoisotopic (exact) mass is 429 g/mol. The Bertz CT molecular complexity index is 1350. The molecule has 2 heterocycles. The lowest BCUT2D eigenvalue weighted by Gasteiger charge is -2.10. The average molecular weight is 429 g/mol. The Morgan fingerprint density at radius 1 is 1.12 bits per heavy atom. The maximum Gasteiger partial charge on any atom is 0.267 e. The molecule has 0 unspecified atom stereocenters. The molecule has 4 aromatic rings. The van der Waals surface area contributed by atoms with Crippen molar-refractivity contribution in [2.45, 2.75) is 13.3 Å². The molecule has 0 saturated carbocycles. The van der Waals surface area contributed by atoms with E-state index >= 15 is 0 Å². The summed E-state index contributed by atoms with van der Waals surface area (Å²) in [6.45, 7) is 1.95. The Morgan fingerprint density at radius 2 is 1.91 bits per heavy atom. The van der Waals surface area contributed by atoms with E-state index in [2.05, 4.69) is 15.3 Å². The predicted molar refractivity (Wildman–Crippen MR) is 120 cm³/mol. The van der Waals surface area contributed by atoms with Crippen LogP contribution in [0.5, 0.6) is 0 Å². The first-order valence-corrected chi connectivity index (χ1v) is 9.86. The second kappa shape index (κ2) is 8.81. The molecule has 0 atom stereocenters. The Labute approximate surface area is 183 Å². The average Bonchev–Trinajstić information content (AvgIpc) is 2.76. The number of nitrogens with zero attached hydrogens (tertiary/aromatic N) is 3. The number of pyridine rings is 1. The summed E-state index contributed by atoms with van der Waals surface area (Å²) in [5.74, 6) is -1.01. The molecule has 0 aliphatic carbocycles. The molecule has 0 radical (unpaired) electrons. The van der Waals surface area contributed by atoms with E-state index in [4.69, 9.17) is 5.73 Å².